The van der Waals surface area contributed by atoms with Gasteiger partial charge in [0.05, 0.1) is 12.1 Å². The number of rotatable bonds is 6. The van der Waals surface area contributed by atoms with Crippen LogP contribution in [0, 0.1) is 0 Å². The maximum Gasteiger partial charge on any atom is 0.269 e. The number of nitrogens with two attached hydrogens (primary N) is 1. The van der Waals surface area contributed by atoms with Gasteiger partial charge < -0.3 is 16.2 Å². The lowest BCUT2D eigenvalue weighted by Crippen LogP contribution is -2.41. The molecule has 4 N–H and O–H groups in total. The molecule has 1 heterocycles. The number of amides is 1. The monoisotopic (exact) mass is 238 g/mol. The summed E-state index contributed by atoms with van der Waals surface area (Å²) in [6, 6.07) is 3.13. The number of aliphatic hydroxyl groups is 1. The summed E-state index contributed by atoms with van der Waals surface area (Å²) in [6.45, 7) is 3.98. The van der Waals surface area contributed by atoms with Crippen LogP contribution in [0.2, 0.25) is 0 Å². The summed E-state index contributed by atoms with van der Waals surface area (Å²) in [5.41, 5.74) is 4.79. The van der Waals surface area contributed by atoms with Crippen molar-refractivity contribution in [1.29, 1.82) is 0 Å². The number of nitrogens with one attached hydrogen (secondary N) is 1. The van der Waals surface area contributed by atoms with Crippen LogP contribution in [0.4, 0.5) is 5.82 Å². The van der Waals surface area contributed by atoms with Crippen molar-refractivity contribution in [3.05, 3.63) is 17.8 Å². The predicted octanol–water partition coefficient (Wildman–Crippen LogP) is 0.538. The molecule has 17 heavy (non-hydrogen) atoms. The van der Waals surface area contributed by atoms with Gasteiger partial charge in [-0.25, -0.2) is 0 Å². The van der Waals surface area contributed by atoms with Crippen molar-refractivity contribution in [3.8, 4) is 0 Å². The van der Waals surface area contributed by atoms with Crippen molar-refractivity contribution in [3.63, 3.8) is 0 Å². The Balaban J connectivity index is 2.84. The minimum absolute atomic E-state index is 0.0131. The third-order valence-electron chi connectivity index (χ3n) is 2.97. The molecule has 94 valence electrons. The number of anilines is 1. The van der Waals surface area contributed by atoms with Gasteiger partial charge in [0.25, 0.3) is 5.91 Å². The molecular weight excluding hydrogens is 220 g/mol. The van der Waals surface area contributed by atoms with Crippen LogP contribution in [0.5, 0.6) is 0 Å². The van der Waals surface area contributed by atoms with Crippen molar-refractivity contribution >= 4 is 11.7 Å². The van der Waals surface area contributed by atoms with Crippen LogP contribution in [0.1, 0.15) is 37.2 Å². The largest absolute Gasteiger partial charge is 0.394 e. The first-order valence-corrected chi connectivity index (χ1v) is 5.59. The molecule has 0 aliphatic rings. The molecule has 0 aliphatic heterocycles. The Labute approximate surface area is 100 Å². The molecular formula is C11H18N4O2. The molecule has 6 nitrogen and oxygen atoms in total. The summed E-state index contributed by atoms with van der Waals surface area (Å²) < 4.78 is 0. The van der Waals surface area contributed by atoms with Crippen LogP contribution in [0.15, 0.2) is 12.1 Å². The first-order valence-electron chi connectivity index (χ1n) is 5.59. The van der Waals surface area contributed by atoms with Gasteiger partial charge in [0.2, 0.25) is 0 Å². The molecule has 0 saturated heterocycles. The Bertz CT molecular complexity index is 365. The minimum atomic E-state index is -0.608. The van der Waals surface area contributed by atoms with E-state index in [1.807, 2.05) is 13.8 Å². The minimum Gasteiger partial charge on any atom is -0.394 e. The Hall–Kier alpha value is -1.69. The van der Waals surface area contributed by atoms with Gasteiger partial charge in [0.15, 0.2) is 5.69 Å². The number of aromatic nitrogens is 2. The molecule has 1 rings (SSSR count). The van der Waals surface area contributed by atoms with E-state index in [1.54, 1.807) is 6.07 Å². The SMILES string of the molecule is CCC(CC)(CO)Nc1ccc(C(N)=O)nn1. The van der Waals surface area contributed by atoms with Crippen LogP contribution in [0.3, 0.4) is 0 Å². The third kappa shape index (κ3) is 3.13. The van der Waals surface area contributed by atoms with E-state index in [1.165, 1.54) is 6.07 Å². The first-order chi connectivity index (χ1) is 8.06. The third-order valence-corrected chi connectivity index (χ3v) is 2.97. The summed E-state index contributed by atoms with van der Waals surface area (Å²) in [6.07, 6.45) is 1.53. The number of hydrogen-bond donors (Lipinski definition) is 3. The Kier molecular flexibility index (Phi) is 4.39. The molecule has 1 amide bonds. The highest BCUT2D eigenvalue weighted by Crippen LogP contribution is 2.20. The molecule has 0 fully saturated rings. The second kappa shape index (κ2) is 5.58. The quantitative estimate of drug-likeness (QED) is 0.671. The molecule has 6 heteroatoms. The maximum atomic E-state index is 10.8. The highest BCUT2D eigenvalue weighted by molar-refractivity contribution is 5.90. The molecule has 0 bridgehead atoms. The topological polar surface area (TPSA) is 101 Å². The van der Waals surface area contributed by atoms with Gasteiger partial charge in [0, 0.05) is 0 Å². The van der Waals surface area contributed by atoms with E-state index in [0.717, 1.165) is 12.8 Å². The van der Waals surface area contributed by atoms with Crippen molar-refractivity contribution in [2.75, 3.05) is 11.9 Å². The number of hydrogen-bond acceptors (Lipinski definition) is 5. The van der Waals surface area contributed by atoms with Gasteiger partial charge in [-0.05, 0) is 25.0 Å². The zero-order valence-corrected chi connectivity index (χ0v) is 10.1. The van der Waals surface area contributed by atoms with Crippen molar-refractivity contribution in [2.45, 2.75) is 32.2 Å². The summed E-state index contributed by atoms with van der Waals surface area (Å²) >= 11 is 0. The number of primary amides is 1. The van der Waals surface area contributed by atoms with E-state index in [0.29, 0.717) is 5.82 Å². The average Bonchev–Trinajstić information content (AvgIpc) is 2.37. The van der Waals surface area contributed by atoms with Crippen molar-refractivity contribution < 1.29 is 9.90 Å². The van der Waals surface area contributed by atoms with Gasteiger partial charge in [-0.1, -0.05) is 13.8 Å². The lowest BCUT2D eigenvalue weighted by Gasteiger charge is -2.31. The fourth-order valence-corrected chi connectivity index (χ4v) is 1.49. The van der Waals surface area contributed by atoms with E-state index >= 15 is 0 Å². The normalized spacial score (nSPS) is 11.2. The number of carbonyl (C=O) groups is 1. The van der Waals surface area contributed by atoms with E-state index in [-0.39, 0.29) is 12.3 Å². The van der Waals surface area contributed by atoms with Crippen molar-refractivity contribution in [1.82, 2.24) is 10.2 Å². The van der Waals surface area contributed by atoms with Gasteiger partial charge in [-0.3, -0.25) is 4.79 Å². The first kappa shape index (κ1) is 13.4. The lowest BCUT2D eigenvalue weighted by molar-refractivity contribution is 0.0994. The Morgan fingerprint density at radius 1 is 1.41 bits per heavy atom. The fraction of sp³-hybridized carbons (Fsp3) is 0.545. The van der Waals surface area contributed by atoms with Crippen LogP contribution in [0.25, 0.3) is 0 Å². The van der Waals surface area contributed by atoms with E-state index in [4.69, 9.17) is 5.73 Å². The maximum absolute atomic E-state index is 10.8. The number of carbonyl (C=O) groups excluding carboxylic acids is 1. The zero-order valence-electron chi connectivity index (χ0n) is 10.1. The van der Waals surface area contributed by atoms with E-state index < -0.39 is 11.4 Å². The van der Waals surface area contributed by atoms with Crippen LogP contribution >= 0.6 is 0 Å². The van der Waals surface area contributed by atoms with Crippen LogP contribution < -0.4 is 11.1 Å². The summed E-state index contributed by atoms with van der Waals surface area (Å²) in [5.74, 6) is -0.0868. The predicted molar refractivity (Wildman–Crippen MR) is 64.6 cm³/mol. The summed E-state index contributed by atoms with van der Waals surface area (Å²) in [5, 5.41) is 20.1. The second-order valence-electron chi connectivity index (χ2n) is 3.94. The van der Waals surface area contributed by atoms with E-state index in [9.17, 15) is 9.90 Å². The molecule has 0 atom stereocenters. The lowest BCUT2D eigenvalue weighted by atomic mass is 9.94. The smallest absolute Gasteiger partial charge is 0.269 e. The van der Waals surface area contributed by atoms with Gasteiger partial charge in [-0.2, -0.15) is 0 Å². The Morgan fingerprint density at radius 2 is 2.06 bits per heavy atom. The highest BCUT2D eigenvalue weighted by Gasteiger charge is 2.25. The van der Waals surface area contributed by atoms with Gasteiger partial charge >= 0.3 is 0 Å². The summed E-state index contributed by atoms with van der Waals surface area (Å²) in [4.78, 5) is 10.8. The molecule has 0 spiro atoms. The van der Waals surface area contributed by atoms with Crippen LogP contribution in [-0.2, 0) is 0 Å². The average molecular weight is 238 g/mol. The molecule has 1 aromatic rings. The zero-order chi connectivity index (χ0) is 12.9. The molecule has 0 aromatic carbocycles. The molecule has 0 radical (unpaired) electrons. The standard InChI is InChI=1S/C11H18N4O2/c1-3-11(4-2,7-16)13-9-6-5-8(10(12)17)14-15-9/h5-6,16H,3-4,7H2,1-2H3,(H2,12,17)(H,13,15). The number of aliphatic hydroxyl groups excluding tert-OH is 1. The molecule has 0 unspecified atom stereocenters. The molecule has 1 aromatic heterocycles. The van der Waals surface area contributed by atoms with Gasteiger partial charge in [0.1, 0.15) is 5.82 Å². The second-order valence-corrected chi connectivity index (χ2v) is 3.94. The number of nitrogens with zero attached hydrogens (tertiary/aromatic N) is 2. The molecule has 0 saturated carbocycles. The van der Waals surface area contributed by atoms with Crippen molar-refractivity contribution in [2.24, 2.45) is 5.73 Å². The van der Waals surface area contributed by atoms with Crippen LogP contribution in [-0.4, -0.2) is 33.4 Å². The van der Waals surface area contributed by atoms with E-state index in [2.05, 4.69) is 15.5 Å². The highest BCUT2D eigenvalue weighted by atomic mass is 16.3. The van der Waals surface area contributed by atoms with Gasteiger partial charge in [-0.15, -0.1) is 10.2 Å². The fourth-order valence-electron chi connectivity index (χ4n) is 1.49. The summed E-state index contributed by atoms with van der Waals surface area (Å²) in [7, 11) is 0. The molecule has 0 aliphatic carbocycles. The Morgan fingerprint density at radius 3 is 2.41 bits per heavy atom.